The van der Waals surface area contributed by atoms with Crippen molar-refractivity contribution in [3.8, 4) is 5.75 Å². The van der Waals surface area contributed by atoms with Gasteiger partial charge in [0.05, 0.1) is 0 Å². The smallest absolute Gasteiger partial charge is 0.233 e. The lowest BCUT2D eigenvalue weighted by atomic mass is 10.2. The number of aromatic nitrogens is 1. The second-order valence-corrected chi connectivity index (χ2v) is 4.54. The summed E-state index contributed by atoms with van der Waals surface area (Å²) in [6.45, 7) is 1.19. The van der Waals surface area contributed by atoms with E-state index < -0.39 is 0 Å². The van der Waals surface area contributed by atoms with Gasteiger partial charge in [0.1, 0.15) is 11.3 Å². The van der Waals surface area contributed by atoms with E-state index in [0.29, 0.717) is 12.5 Å². The van der Waals surface area contributed by atoms with E-state index in [1.807, 2.05) is 55.6 Å². The summed E-state index contributed by atoms with van der Waals surface area (Å²) in [4.78, 5) is 4.37. The van der Waals surface area contributed by atoms with Crippen LogP contribution < -0.4 is 10.1 Å². The third-order valence-corrected chi connectivity index (χ3v) is 3.00. The molecule has 1 heterocycles. The number of benzene rings is 2. The zero-order chi connectivity index (χ0) is 13.8. The van der Waals surface area contributed by atoms with Crippen LogP contribution in [-0.2, 0) is 13.2 Å². The summed E-state index contributed by atoms with van der Waals surface area (Å²) in [7, 11) is 1.93. The van der Waals surface area contributed by atoms with E-state index in [0.717, 1.165) is 23.4 Å². The fraction of sp³-hybridized carbons (Fsp3) is 0.188. The van der Waals surface area contributed by atoms with Gasteiger partial charge < -0.3 is 14.5 Å². The molecule has 4 heteroatoms. The zero-order valence-electron chi connectivity index (χ0n) is 11.3. The van der Waals surface area contributed by atoms with Gasteiger partial charge in [0.2, 0.25) is 5.89 Å². The molecule has 3 aromatic rings. The molecule has 0 aliphatic heterocycles. The summed E-state index contributed by atoms with van der Waals surface area (Å²) in [5, 5.41) is 3.11. The number of ether oxygens (including phenoxy) is 1. The minimum atomic E-state index is 0.333. The van der Waals surface area contributed by atoms with Crippen molar-refractivity contribution in [3.05, 3.63) is 60.0 Å². The van der Waals surface area contributed by atoms with Crippen molar-refractivity contribution < 1.29 is 9.15 Å². The first-order valence-corrected chi connectivity index (χ1v) is 6.56. The molecule has 1 N–H and O–H groups in total. The van der Waals surface area contributed by atoms with Crippen LogP contribution in [0, 0.1) is 0 Å². The first-order valence-electron chi connectivity index (χ1n) is 6.56. The van der Waals surface area contributed by atoms with Crippen molar-refractivity contribution in [1.29, 1.82) is 0 Å². The first-order chi connectivity index (χ1) is 9.85. The van der Waals surface area contributed by atoms with Crippen molar-refractivity contribution in [2.24, 2.45) is 0 Å². The van der Waals surface area contributed by atoms with Crippen LogP contribution >= 0.6 is 0 Å². The summed E-state index contributed by atoms with van der Waals surface area (Å²) in [6, 6.07) is 15.7. The SMILES string of the molecule is CNCc1ccc(OCc2nc3ccccc3o2)cc1. The lowest BCUT2D eigenvalue weighted by Crippen LogP contribution is -2.04. The van der Waals surface area contributed by atoms with Crippen molar-refractivity contribution in [3.63, 3.8) is 0 Å². The number of fused-ring (bicyclic) bond motifs is 1. The maximum Gasteiger partial charge on any atom is 0.233 e. The zero-order valence-corrected chi connectivity index (χ0v) is 11.3. The molecule has 0 radical (unpaired) electrons. The predicted octanol–water partition coefficient (Wildman–Crippen LogP) is 3.13. The molecule has 4 nitrogen and oxygen atoms in total. The van der Waals surface area contributed by atoms with E-state index >= 15 is 0 Å². The van der Waals surface area contributed by atoms with Crippen molar-refractivity contribution in [2.45, 2.75) is 13.2 Å². The van der Waals surface area contributed by atoms with Crippen molar-refractivity contribution >= 4 is 11.1 Å². The van der Waals surface area contributed by atoms with E-state index in [2.05, 4.69) is 10.3 Å². The number of oxazole rings is 1. The van der Waals surface area contributed by atoms with Crippen LogP contribution in [0.5, 0.6) is 5.75 Å². The highest BCUT2D eigenvalue weighted by Gasteiger charge is 2.05. The minimum absolute atomic E-state index is 0.333. The summed E-state index contributed by atoms with van der Waals surface area (Å²) in [5.41, 5.74) is 2.87. The van der Waals surface area contributed by atoms with Gasteiger partial charge in [0, 0.05) is 6.54 Å². The molecule has 0 spiro atoms. The standard InChI is InChI=1S/C16H16N2O2/c1-17-10-12-6-8-13(9-7-12)19-11-16-18-14-4-2-3-5-15(14)20-16/h2-9,17H,10-11H2,1H3. The lowest BCUT2D eigenvalue weighted by Gasteiger charge is -2.05. The Morgan fingerprint density at radius 3 is 2.65 bits per heavy atom. The fourth-order valence-corrected chi connectivity index (χ4v) is 2.03. The van der Waals surface area contributed by atoms with E-state index in [1.54, 1.807) is 0 Å². The summed E-state index contributed by atoms with van der Waals surface area (Å²) in [6.07, 6.45) is 0. The van der Waals surface area contributed by atoms with Crippen LogP contribution in [0.25, 0.3) is 11.1 Å². The Kier molecular flexibility index (Phi) is 3.65. The lowest BCUT2D eigenvalue weighted by molar-refractivity contribution is 0.267. The molecule has 102 valence electrons. The summed E-state index contributed by atoms with van der Waals surface area (Å²) >= 11 is 0. The Morgan fingerprint density at radius 2 is 1.90 bits per heavy atom. The van der Waals surface area contributed by atoms with E-state index in [-0.39, 0.29) is 0 Å². The van der Waals surface area contributed by atoms with Crippen LogP contribution in [0.3, 0.4) is 0 Å². The molecule has 0 aliphatic carbocycles. The third-order valence-electron chi connectivity index (χ3n) is 3.00. The quantitative estimate of drug-likeness (QED) is 0.772. The third kappa shape index (κ3) is 2.81. The van der Waals surface area contributed by atoms with E-state index in [4.69, 9.17) is 9.15 Å². The van der Waals surface area contributed by atoms with Gasteiger partial charge >= 0.3 is 0 Å². The number of rotatable bonds is 5. The predicted molar refractivity (Wildman–Crippen MR) is 77.5 cm³/mol. The number of hydrogen-bond donors (Lipinski definition) is 1. The van der Waals surface area contributed by atoms with Crippen LogP contribution in [0.4, 0.5) is 0 Å². The summed E-state index contributed by atoms with van der Waals surface area (Å²) in [5.74, 6) is 1.40. The largest absolute Gasteiger partial charge is 0.484 e. The van der Waals surface area contributed by atoms with Gasteiger partial charge in [-0.15, -0.1) is 0 Å². The topological polar surface area (TPSA) is 47.3 Å². The molecule has 0 aliphatic rings. The van der Waals surface area contributed by atoms with Crippen molar-refractivity contribution in [1.82, 2.24) is 10.3 Å². The maximum atomic E-state index is 5.68. The molecule has 0 unspecified atom stereocenters. The normalized spacial score (nSPS) is 10.8. The number of hydrogen-bond acceptors (Lipinski definition) is 4. The number of para-hydroxylation sites is 2. The van der Waals surface area contributed by atoms with Gasteiger partial charge in [0.25, 0.3) is 0 Å². The van der Waals surface area contributed by atoms with Gasteiger partial charge in [-0.3, -0.25) is 0 Å². The molecular formula is C16H16N2O2. The van der Waals surface area contributed by atoms with E-state index in [1.165, 1.54) is 5.56 Å². The molecule has 20 heavy (non-hydrogen) atoms. The molecule has 0 amide bonds. The molecular weight excluding hydrogens is 252 g/mol. The second kappa shape index (κ2) is 5.75. The van der Waals surface area contributed by atoms with Crippen LogP contribution in [-0.4, -0.2) is 12.0 Å². The number of nitrogens with one attached hydrogen (secondary N) is 1. The molecule has 0 atom stereocenters. The monoisotopic (exact) mass is 268 g/mol. The van der Waals surface area contributed by atoms with Crippen LogP contribution in [0.2, 0.25) is 0 Å². The van der Waals surface area contributed by atoms with E-state index in [9.17, 15) is 0 Å². The van der Waals surface area contributed by atoms with Gasteiger partial charge in [-0.1, -0.05) is 24.3 Å². The van der Waals surface area contributed by atoms with Crippen molar-refractivity contribution in [2.75, 3.05) is 7.05 Å². The Hall–Kier alpha value is -2.33. The number of nitrogens with zero attached hydrogens (tertiary/aromatic N) is 1. The van der Waals surface area contributed by atoms with Gasteiger partial charge in [0.15, 0.2) is 12.2 Å². The molecule has 0 saturated carbocycles. The molecule has 0 fully saturated rings. The van der Waals surface area contributed by atoms with Crippen LogP contribution in [0.1, 0.15) is 11.5 Å². The molecule has 0 bridgehead atoms. The van der Waals surface area contributed by atoms with Gasteiger partial charge in [-0.25, -0.2) is 4.98 Å². The van der Waals surface area contributed by atoms with Gasteiger partial charge in [-0.05, 0) is 36.9 Å². The Morgan fingerprint density at radius 1 is 1.10 bits per heavy atom. The Bertz CT molecular complexity index is 656. The van der Waals surface area contributed by atoms with Gasteiger partial charge in [-0.2, -0.15) is 0 Å². The highest BCUT2D eigenvalue weighted by atomic mass is 16.5. The maximum absolute atomic E-state index is 5.68. The fourth-order valence-electron chi connectivity index (χ4n) is 2.03. The first kappa shape index (κ1) is 12.7. The summed E-state index contributed by atoms with van der Waals surface area (Å²) < 4.78 is 11.3. The Labute approximate surface area is 117 Å². The minimum Gasteiger partial charge on any atom is -0.484 e. The molecule has 2 aromatic carbocycles. The molecule has 1 aromatic heterocycles. The molecule has 3 rings (SSSR count). The second-order valence-electron chi connectivity index (χ2n) is 4.54. The molecule has 0 saturated heterocycles. The highest BCUT2D eigenvalue weighted by Crippen LogP contribution is 2.17. The Balaban J connectivity index is 1.66. The average Bonchev–Trinajstić information content (AvgIpc) is 2.90. The van der Waals surface area contributed by atoms with Crippen LogP contribution in [0.15, 0.2) is 52.9 Å². The highest BCUT2D eigenvalue weighted by molar-refractivity contribution is 5.72. The average molecular weight is 268 g/mol.